The van der Waals surface area contributed by atoms with E-state index >= 15 is 0 Å². The van der Waals surface area contributed by atoms with Crippen LogP contribution in [-0.4, -0.2) is 115 Å². The average Bonchev–Trinajstić information content (AvgIpc) is 2.66. The minimum atomic E-state index is -2.35. The Labute approximate surface area is 165 Å². The van der Waals surface area contributed by atoms with E-state index in [2.05, 4.69) is 5.32 Å². The molecule has 0 aromatic heterocycles. The number of aliphatic hydroxyl groups excluding tert-OH is 5. The highest BCUT2D eigenvalue weighted by molar-refractivity contribution is 5.74. The predicted molar refractivity (Wildman–Crippen MR) is 90.0 cm³/mol. The molecule has 10 atom stereocenters. The number of carboxylic acid groups (broad SMARTS) is 1. The quantitative estimate of drug-likeness (QED) is 0.202. The van der Waals surface area contributed by atoms with E-state index in [0.717, 1.165) is 6.92 Å². The lowest BCUT2D eigenvalue weighted by Gasteiger charge is -2.48. The number of carbonyl (C=O) groups is 2. The number of rotatable bonds is 6. The lowest BCUT2D eigenvalue weighted by molar-refractivity contribution is -0.369. The van der Waals surface area contributed by atoms with E-state index in [-0.39, 0.29) is 6.42 Å². The van der Waals surface area contributed by atoms with Crippen molar-refractivity contribution in [1.29, 1.82) is 0 Å². The van der Waals surface area contributed by atoms with Crippen molar-refractivity contribution in [2.45, 2.75) is 81.1 Å². The molecular weight excluding hydrogens is 398 g/mol. The van der Waals surface area contributed by atoms with Crippen molar-refractivity contribution >= 4 is 11.9 Å². The number of nitrogens with one attached hydrogen (secondary N) is 1. The van der Waals surface area contributed by atoms with Crippen molar-refractivity contribution in [1.82, 2.24) is 5.32 Å². The number of carbonyl (C=O) groups excluding carboxylic acids is 1. The van der Waals surface area contributed by atoms with Gasteiger partial charge < -0.3 is 55.3 Å². The molecule has 8 N–H and O–H groups in total. The molecule has 0 unspecified atom stereocenters. The van der Waals surface area contributed by atoms with Crippen molar-refractivity contribution in [3.8, 4) is 0 Å². The molecule has 29 heavy (non-hydrogen) atoms. The molecular formula is C16H27NO12. The summed E-state index contributed by atoms with van der Waals surface area (Å²) >= 11 is 0. The van der Waals surface area contributed by atoms with Crippen molar-refractivity contribution in [3.05, 3.63) is 0 Å². The van der Waals surface area contributed by atoms with E-state index in [1.165, 1.54) is 6.92 Å². The maximum atomic E-state index is 11.6. The fourth-order valence-corrected chi connectivity index (χ4v) is 3.36. The maximum Gasteiger partial charge on any atom is 0.335 e. The van der Waals surface area contributed by atoms with Crippen LogP contribution < -0.4 is 5.32 Å². The molecule has 1 amide bonds. The molecule has 2 fully saturated rings. The topological polar surface area (TPSA) is 215 Å². The number of aliphatic hydroxyl groups is 6. The summed E-state index contributed by atoms with van der Waals surface area (Å²) in [6, 6.07) is -1.41. The van der Waals surface area contributed by atoms with Crippen LogP contribution in [0.5, 0.6) is 0 Å². The van der Waals surface area contributed by atoms with Gasteiger partial charge in [0.15, 0.2) is 18.2 Å². The Morgan fingerprint density at radius 3 is 2.24 bits per heavy atom. The van der Waals surface area contributed by atoms with Gasteiger partial charge in [0.05, 0.1) is 6.61 Å². The number of amides is 1. The number of hydrogen-bond acceptors (Lipinski definition) is 11. The molecule has 0 bridgehead atoms. The zero-order valence-electron chi connectivity index (χ0n) is 15.8. The summed E-state index contributed by atoms with van der Waals surface area (Å²) in [4.78, 5) is 23.1. The van der Waals surface area contributed by atoms with Crippen LogP contribution in [-0.2, 0) is 23.8 Å². The van der Waals surface area contributed by atoms with E-state index in [9.17, 15) is 45.3 Å². The van der Waals surface area contributed by atoms with Crippen LogP contribution in [0, 0.1) is 0 Å². The Hall–Kier alpha value is -1.42. The van der Waals surface area contributed by atoms with Gasteiger partial charge in [-0.3, -0.25) is 4.79 Å². The minimum Gasteiger partial charge on any atom is -0.479 e. The van der Waals surface area contributed by atoms with Gasteiger partial charge in [0.2, 0.25) is 5.91 Å². The molecule has 0 saturated carbocycles. The highest BCUT2D eigenvalue weighted by atomic mass is 16.7. The second kappa shape index (κ2) is 9.16. The Morgan fingerprint density at radius 1 is 1.14 bits per heavy atom. The smallest absolute Gasteiger partial charge is 0.335 e. The molecule has 0 aromatic carbocycles. The minimum absolute atomic E-state index is 0.242. The zero-order valence-corrected chi connectivity index (χ0v) is 15.8. The predicted octanol–water partition coefficient (Wildman–Crippen LogP) is -4.38. The van der Waals surface area contributed by atoms with Gasteiger partial charge in [0.25, 0.3) is 0 Å². The van der Waals surface area contributed by atoms with Crippen LogP contribution in [0.15, 0.2) is 0 Å². The summed E-state index contributed by atoms with van der Waals surface area (Å²) in [5, 5.41) is 72.1. The summed E-state index contributed by atoms with van der Waals surface area (Å²) < 4.78 is 15.8. The number of carboxylic acids is 1. The number of hydrogen-bond donors (Lipinski definition) is 8. The summed E-state index contributed by atoms with van der Waals surface area (Å²) in [6.07, 6.45) is -14.1. The van der Waals surface area contributed by atoms with E-state index in [1.807, 2.05) is 0 Å². The van der Waals surface area contributed by atoms with Gasteiger partial charge in [-0.15, -0.1) is 0 Å². The molecule has 2 rings (SSSR count). The summed E-state index contributed by atoms with van der Waals surface area (Å²) in [7, 11) is 0. The second-order valence-corrected chi connectivity index (χ2v) is 7.04. The highest BCUT2D eigenvalue weighted by Gasteiger charge is 2.57. The molecule has 2 heterocycles. The number of aliphatic carboxylic acids is 1. The van der Waals surface area contributed by atoms with E-state index in [0.29, 0.717) is 0 Å². The molecule has 0 aromatic rings. The van der Waals surface area contributed by atoms with Crippen molar-refractivity contribution in [2.24, 2.45) is 0 Å². The first-order chi connectivity index (χ1) is 13.5. The zero-order chi connectivity index (χ0) is 22.1. The molecule has 13 heteroatoms. The van der Waals surface area contributed by atoms with E-state index in [1.54, 1.807) is 0 Å². The Kier molecular flexibility index (Phi) is 7.53. The molecule has 13 nitrogen and oxygen atoms in total. The first kappa shape index (κ1) is 23.9. The summed E-state index contributed by atoms with van der Waals surface area (Å²) in [6.45, 7) is 1.77. The monoisotopic (exact) mass is 425 g/mol. The third kappa shape index (κ3) is 4.68. The summed E-state index contributed by atoms with van der Waals surface area (Å²) in [5.41, 5.74) is 0. The molecule has 0 aliphatic carbocycles. The van der Waals surface area contributed by atoms with Crippen LogP contribution in [0.25, 0.3) is 0 Å². The van der Waals surface area contributed by atoms with Crippen LogP contribution in [0.2, 0.25) is 0 Å². The van der Waals surface area contributed by atoms with Gasteiger partial charge in [-0.1, -0.05) is 6.92 Å². The van der Waals surface area contributed by atoms with Gasteiger partial charge in [0, 0.05) is 13.3 Å². The molecule has 0 spiro atoms. The van der Waals surface area contributed by atoms with Crippen LogP contribution >= 0.6 is 0 Å². The van der Waals surface area contributed by atoms with Crippen molar-refractivity contribution < 1.29 is 59.5 Å². The van der Waals surface area contributed by atoms with Gasteiger partial charge >= 0.3 is 5.97 Å². The first-order valence-corrected chi connectivity index (χ1v) is 9.01. The molecule has 2 saturated heterocycles. The van der Waals surface area contributed by atoms with Crippen LogP contribution in [0.1, 0.15) is 20.3 Å². The van der Waals surface area contributed by atoms with Gasteiger partial charge in [-0.2, -0.15) is 0 Å². The lowest BCUT2D eigenvalue weighted by Crippen LogP contribution is -2.70. The normalized spacial score (nSPS) is 45.6. The SMILES string of the molecule is CC[C@@]1(O)O[C@H](C(=O)O)[C@@H](O[C@H]2O[C@H](CO)[C@@H](O)[C@H](O)[C@H]2NC(C)=O)[C@H](O)[C@H]1O. The Balaban J connectivity index is 2.32. The second-order valence-electron chi connectivity index (χ2n) is 7.04. The average molecular weight is 425 g/mol. The van der Waals surface area contributed by atoms with Gasteiger partial charge in [-0.25, -0.2) is 4.79 Å². The van der Waals surface area contributed by atoms with Gasteiger partial charge in [0.1, 0.15) is 42.7 Å². The lowest BCUT2D eigenvalue weighted by atomic mass is 9.90. The van der Waals surface area contributed by atoms with Crippen molar-refractivity contribution in [2.75, 3.05) is 6.61 Å². The fourth-order valence-electron chi connectivity index (χ4n) is 3.36. The van der Waals surface area contributed by atoms with E-state index in [4.69, 9.17) is 14.2 Å². The first-order valence-electron chi connectivity index (χ1n) is 9.01. The standard InChI is InChI=1S/C16H27NO12/c1-3-16(26)13(23)10(22)11(12(29-16)14(24)25)28-15-7(17-5(2)19)9(21)8(20)6(4-18)27-15/h6-13,15,18,20-23,26H,3-4H2,1-2H3,(H,17,19)(H,24,25)/t6-,7-,8-,9-,10+,11+,12+,13-,15-,16-/m1/s1. The third-order valence-electron chi connectivity index (χ3n) is 5.04. The molecule has 2 aliphatic heterocycles. The highest BCUT2D eigenvalue weighted by Crippen LogP contribution is 2.34. The number of ether oxygens (including phenoxy) is 3. The molecule has 0 radical (unpaired) electrons. The maximum absolute atomic E-state index is 11.6. The molecule has 168 valence electrons. The Bertz CT molecular complexity index is 604. The van der Waals surface area contributed by atoms with Crippen LogP contribution in [0.4, 0.5) is 0 Å². The third-order valence-corrected chi connectivity index (χ3v) is 5.04. The van der Waals surface area contributed by atoms with Crippen LogP contribution in [0.3, 0.4) is 0 Å². The van der Waals surface area contributed by atoms with Gasteiger partial charge in [-0.05, 0) is 0 Å². The van der Waals surface area contributed by atoms with E-state index < -0.39 is 79.3 Å². The Morgan fingerprint density at radius 2 is 1.76 bits per heavy atom. The summed E-state index contributed by atoms with van der Waals surface area (Å²) in [5.74, 6) is -4.62. The van der Waals surface area contributed by atoms with Crippen molar-refractivity contribution in [3.63, 3.8) is 0 Å². The largest absolute Gasteiger partial charge is 0.479 e. The fraction of sp³-hybridized carbons (Fsp3) is 0.875. The molecule has 2 aliphatic rings.